The van der Waals surface area contributed by atoms with E-state index in [1.807, 2.05) is 6.92 Å². The van der Waals surface area contributed by atoms with Gasteiger partial charge in [0.05, 0.1) is 0 Å². The van der Waals surface area contributed by atoms with E-state index in [4.69, 9.17) is 4.74 Å². The molecule has 0 fully saturated rings. The van der Waals surface area contributed by atoms with Crippen LogP contribution >= 0.6 is 0 Å². The Morgan fingerprint density at radius 2 is 1.32 bits per heavy atom. The van der Waals surface area contributed by atoms with Gasteiger partial charge in [-0.2, -0.15) is 0 Å². The van der Waals surface area contributed by atoms with Crippen molar-refractivity contribution in [3.05, 3.63) is 22.0 Å². The molecule has 0 aromatic heterocycles. The summed E-state index contributed by atoms with van der Waals surface area (Å²) >= 11 is -3.15. The Morgan fingerprint density at radius 3 is 1.59 bits per heavy atom. The maximum atomic E-state index is 13.7. The molecule has 0 aliphatic heterocycles. The van der Waals surface area contributed by atoms with Crippen molar-refractivity contribution in [3.8, 4) is 0 Å². The topological polar surface area (TPSA) is 9.23 Å². The van der Waals surface area contributed by atoms with Gasteiger partial charge in [-0.3, -0.25) is 0 Å². The molecular weight excluding hydrogens is 389 g/mol. The first kappa shape index (κ1) is 21.9. The second kappa shape index (κ2) is 12.4. The average molecular weight is 423 g/mol. The molecule has 0 aliphatic rings. The van der Waals surface area contributed by atoms with Crippen LogP contribution in [0.2, 0.25) is 13.3 Å². The molecule has 0 amide bonds. The summed E-state index contributed by atoms with van der Waals surface area (Å²) in [5.41, 5.74) is 0.806. The summed E-state index contributed by atoms with van der Waals surface area (Å²) in [4.78, 5) is 0. The molecule has 4 heteroatoms. The average Bonchev–Trinajstić information content (AvgIpc) is 2.47. The van der Waals surface area contributed by atoms with E-state index >= 15 is 0 Å². The van der Waals surface area contributed by atoms with Crippen molar-refractivity contribution in [1.29, 1.82) is 0 Å². The molecule has 0 aliphatic carbocycles. The van der Waals surface area contributed by atoms with Crippen molar-refractivity contribution in [2.24, 2.45) is 0 Å². The standard InChI is InChI=1S/C6H7F2O.3C4H9.Sn/c1-5(2)3-9-4-6(7)8;3*1-3-4-2;/h1,3H2,2H3;3*1,3-4H2,2H3;. The molecule has 0 aromatic rings. The van der Waals surface area contributed by atoms with Gasteiger partial charge in [-0.05, 0) is 0 Å². The Balaban J connectivity index is 5.47. The molecular formula is C18H34F2OSn. The van der Waals surface area contributed by atoms with E-state index < -0.39 is 24.5 Å². The predicted molar refractivity (Wildman–Crippen MR) is 94.9 cm³/mol. The Kier molecular flexibility index (Phi) is 12.3. The molecule has 0 rings (SSSR count). The fourth-order valence-corrected chi connectivity index (χ4v) is 18.0. The van der Waals surface area contributed by atoms with Crippen molar-refractivity contribution in [3.63, 3.8) is 0 Å². The van der Waals surface area contributed by atoms with E-state index in [-0.39, 0.29) is 10.4 Å². The van der Waals surface area contributed by atoms with Gasteiger partial charge in [-0.15, -0.1) is 0 Å². The molecule has 0 spiro atoms. The van der Waals surface area contributed by atoms with E-state index in [0.717, 1.165) is 57.4 Å². The summed E-state index contributed by atoms with van der Waals surface area (Å²) in [7, 11) is 0. The first-order valence-corrected chi connectivity index (χ1v) is 16.2. The van der Waals surface area contributed by atoms with Gasteiger partial charge < -0.3 is 0 Å². The van der Waals surface area contributed by atoms with Crippen LogP contribution < -0.4 is 0 Å². The van der Waals surface area contributed by atoms with Crippen molar-refractivity contribution in [2.45, 2.75) is 79.5 Å². The van der Waals surface area contributed by atoms with Crippen LogP contribution in [0.4, 0.5) is 8.78 Å². The Bertz CT molecular complexity index is 327. The van der Waals surface area contributed by atoms with E-state index in [2.05, 4.69) is 27.4 Å². The van der Waals surface area contributed by atoms with Crippen LogP contribution in [0.5, 0.6) is 0 Å². The van der Waals surface area contributed by atoms with Crippen LogP contribution in [-0.4, -0.2) is 25.0 Å². The van der Waals surface area contributed by atoms with Crippen molar-refractivity contribution in [1.82, 2.24) is 0 Å². The van der Waals surface area contributed by atoms with Crippen LogP contribution in [0.25, 0.3) is 0 Å². The minimum atomic E-state index is -3.15. The Hall–Kier alpha value is -0.0613. The molecule has 0 atom stereocenters. The second-order valence-electron chi connectivity index (χ2n) is 6.43. The summed E-state index contributed by atoms with van der Waals surface area (Å²) in [5, 5.41) is 0. The van der Waals surface area contributed by atoms with Crippen molar-refractivity contribution in [2.75, 3.05) is 6.61 Å². The molecule has 0 aromatic carbocycles. The zero-order valence-corrected chi connectivity index (χ0v) is 17.8. The molecule has 0 saturated carbocycles. The monoisotopic (exact) mass is 424 g/mol. The van der Waals surface area contributed by atoms with Gasteiger partial charge in [0, 0.05) is 0 Å². The van der Waals surface area contributed by atoms with Crippen molar-refractivity contribution >= 4 is 18.4 Å². The number of hydrogen-bond donors (Lipinski definition) is 0. The summed E-state index contributed by atoms with van der Waals surface area (Å²) in [6.07, 6.45) is 4.81. The van der Waals surface area contributed by atoms with Gasteiger partial charge >= 0.3 is 140 Å². The third kappa shape index (κ3) is 7.98. The first-order chi connectivity index (χ1) is 10.4. The molecule has 1 nitrogen and oxygen atoms in total. The molecule has 22 heavy (non-hydrogen) atoms. The molecule has 0 unspecified atom stereocenters. The zero-order valence-electron chi connectivity index (χ0n) is 14.9. The van der Waals surface area contributed by atoms with Gasteiger partial charge in [0.2, 0.25) is 0 Å². The zero-order chi connectivity index (χ0) is 17.0. The van der Waals surface area contributed by atoms with Crippen LogP contribution in [0, 0.1) is 0 Å². The number of hydrogen-bond acceptors (Lipinski definition) is 1. The van der Waals surface area contributed by atoms with Gasteiger partial charge in [0.15, 0.2) is 0 Å². The van der Waals surface area contributed by atoms with E-state index in [1.54, 1.807) is 0 Å². The van der Waals surface area contributed by atoms with Crippen LogP contribution in [0.3, 0.4) is 0 Å². The van der Waals surface area contributed by atoms with Crippen LogP contribution in [-0.2, 0) is 4.74 Å². The second-order valence-corrected chi connectivity index (χ2v) is 19.3. The Morgan fingerprint density at radius 1 is 0.909 bits per heavy atom. The van der Waals surface area contributed by atoms with Gasteiger partial charge in [-0.25, -0.2) is 0 Å². The van der Waals surface area contributed by atoms with E-state index in [1.165, 1.54) is 0 Å². The minimum absolute atomic E-state index is 0.146. The number of rotatable bonds is 13. The molecule has 0 saturated heterocycles. The van der Waals surface area contributed by atoms with Crippen LogP contribution in [0.1, 0.15) is 66.2 Å². The van der Waals surface area contributed by atoms with Gasteiger partial charge in [-0.1, -0.05) is 0 Å². The molecule has 0 radical (unpaired) electrons. The fraction of sp³-hybridized carbons (Fsp3) is 0.778. The fourth-order valence-electron chi connectivity index (χ4n) is 2.86. The number of halogens is 2. The molecule has 0 bridgehead atoms. The summed E-state index contributed by atoms with van der Waals surface area (Å²) in [6, 6.07) is 0. The number of ether oxygens (including phenoxy) is 1. The van der Waals surface area contributed by atoms with Crippen molar-refractivity contribution < 1.29 is 13.5 Å². The molecule has 130 valence electrons. The quantitative estimate of drug-likeness (QED) is 0.175. The Labute approximate surface area is 140 Å². The third-order valence-corrected chi connectivity index (χ3v) is 19.1. The van der Waals surface area contributed by atoms with E-state index in [0.29, 0.717) is 0 Å². The SMILES string of the molecule is C=C(C)CO[C](=C(F)F)[Sn]([CH2]CCC)([CH2]CCC)[CH2]CCC. The summed E-state index contributed by atoms with van der Waals surface area (Å²) < 4.78 is 36.2. The maximum absolute atomic E-state index is 13.7. The van der Waals surface area contributed by atoms with E-state index in [9.17, 15) is 8.78 Å². The summed E-state index contributed by atoms with van der Waals surface area (Å²) in [6.45, 7) is 12.3. The van der Waals surface area contributed by atoms with Gasteiger partial charge in [0.25, 0.3) is 0 Å². The molecule has 0 heterocycles. The normalized spacial score (nSPS) is 11.4. The van der Waals surface area contributed by atoms with Gasteiger partial charge in [0.1, 0.15) is 0 Å². The van der Waals surface area contributed by atoms with Crippen LogP contribution in [0.15, 0.2) is 22.0 Å². The first-order valence-electron chi connectivity index (χ1n) is 8.76. The summed E-state index contributed by atoms with van der Waals surface area (Å²) in [5.74, 6) is 0. The predicted octanol–water partition coefficient (Wildman–Crippen LogP) is 7.08. The number of unbranched alkanes of at least 4 members (excludes halogenated alkanes) is 3. The molecule has 0 N–H and O–H groups in total. The third-order valence-electron chi connectivity index (χ3n) is 4.14.